The van der Waals surface area contributed by atoms with Gasteiger partial charge >= 0.3 is 0 Å². The van der Waals surface area contributed by atoms with E-state index in [1.165, 1.54) is 17.0 Å². The van der Waals surface area contributed by atoms with Gasteiger partial charge in [0.1, 0.15) is 45.2 Å². The number of carbonyl (C=O) groups is 1. The summed E-state index contributed by atoms with van der Waals surface area (Å²) < 4.78 is 43.9. The van der Waals surface area contributed by atoms with E-state index in [4.69, 9.17) is 9.47 Å². The Morgan fingerprint density at radius 2 is 1.95 bits per heavy atom. The van der Waals surface area contributed by atoms with Gasteiger partial charge < -0.3 is 14.4 Å². The van der Waals surface area contributed by atoms with Gasteiger partial charge in [-0.15, -0.1) is 0 Å². The molecular formula is C26H24B2F2N4O3. The van der Waals surface area contributed by atoms with E-state index in [2.05, 4.69) is 10.1 Å². The van der Waals surface area contributed by atoms with Gasteiger partial charge in [0.15, 0.2) is 0 Å². The van der Waals surface area contributed by atoms with Crippen molar-refractivity contribution in [2.45, 2.75) is 24.4 Å². The van der Waals surface area contributed by atoms with Gasteiger partial charge in [-0.3, -0.25) is 14.5 Å². The summed E-state index contributed by atoms with van der Waals surface area (Å²) in [6.45, 7) is 0.957. The van der Waals surface area contributed by atoms with Crippen LogP contribution in [0.1, 0.15) is 28.0 Å². The van der Waals surface area contributed by atoms with Gasteiger partial charge in [0.05, 0.1) is 23.9 Å². The fourth-order valence-corrected chi connectivity index (χ4v) is 5.09. The molecule has 4 heterocycles. The monoisotopic (exact) mass is 500 g/mol. The Labute approximate surface area is 214 Å². The minimum Gasteiger partial charge on any atom is -0.489 e. The molecule has 2 aromatic carbocycles. The number of pyridine rings is 1. The number of aromatic nitrogens is 3. The van der Waals surface area contributed by atoms with E-state index in [-0.39, 0.29) is 24.1 Å². The number of nitrogens with zero attached hydrogens (tertiary/aromatic N) is 4. The normalized spacial score (nSPS) is 18.2. The van der Waals surface area contributed by atoms with Crippen LogP contribution in [-0.2, 0) is 23.7 Å². The molecule has 0 aliphatic carbocycles. The molecular weight excluding hydrogens is 476 g/mol. The van der Waals surface area contributed by atoms with Crippen LogP contribution in [0.15, 0.2) is 48.8 Å². The van der Waals surface area contributed by atoms with Crippen LogP contribution in [0.3, 0.4) is 0 Å². The first-order chi connectivity index (χ1) is 17.7. The lowest BCUT2D eigenvalue weighted by Gasteiger charge is -2.32. The smallest absolute Gasteiger partial charge is 0.255 e. The first-order valence-corrected chi connectivity index (χ1v) is 12.2. The summed E-state index contributed by atoms with van der Waals surface area (Å²) in [4.78, 5) is 18.8. The zero-order chi connectivity index (χ0) is 25.9. The molecule has 0 N–H and O–H groups in total. The molecule has 0 spiro atoms. The number of rotatable bonds is 6. The molecule has 4 aromatic rings. The number of ether oxygens (including phenoxy) is 2. The molecule has 37 heavy (non-hydrogen) atoms. The van der Waals surface area contributed by atoms with Crippen LogP contribution in [-0.4, -0.2) is 60.6 Å². The molecule has 1 saturated heterocycles. The van der Waals surface area contributed by atoms with E-state index >= 15 is 8.78 Å². The van der Waals surface area contributed by atoms with Crippen molar-refractivity contribution in [3.63, 3.8) is 0 Å². The maximum atomic E-state index is 15.4. The van der Waals surface area contributed by atoms with Gasteiger partial charge in [0.25, 0.3) is 5.91 Å². The SMILES string of the molecule is BC1(B)c2ncccc2C(=O)N1Cc1c(F)cc(-c2ccc(OCC3CCO3)c3nn(C)cc23)cc1F. The standard InChI is InChI=1S/C26H24B2F2N4O3/c1-33-11-18-16(4-5-22(23(18)32-33)37-13-15-6-8-36-15)14-9-20(29)19(21(30)10-14)12-34-25(35)17-3-2-7-31-24(17)26(34,27)28/h2-5,7,9-11,15H,6,8,12-13,27-28H2,1H3. The molecule has 2 aliphatic heterocycles. The van der Waals surface area contributed by atoms with Crippen LogP contribution in [0.4, 0.5) is 8.78 Å². The molecule has 1 unspecified atom stereocenters. The Bertz CT molecular complexity index is 1530. The van der Waals surface area contributed by atoms with Crippen molar-refractivity contribution >= 4 is 32.5 Å². The summed E-state index contributed by atoms with van der Waals surface area (Å²) in [5, 5.41) is 4.43. The maximum absolute atomic E-state index is 15.4. The van der Waals surface area contributed by atoms with E-state index in [9.17, 15) is 4.79 Å². The average Bonchev–Trinajstić information content (AvgIpc) is 3.31. The van der Waals surface area contributed by atoms with Crippen LogP contribution in [0, 0.1) is 11.6 Å². The Balaban J connectivity index is 1.33. The van der Waals surface area contributed by atoms with Crippen LogP contribution in [0.5, 0.6) is 5.75 Å². The minimum atomic E-state index is -0.798. The maximum Gasteiger partial charge on any atom is 0.255 e. The van der Waals surface area contributed by atoms with Crippen LogP contribution in [0.25, 0.3) is 22.0 Å². The molecule has 2 aromatic heterocycles. The van der Waals surface area contributed by atoms with Crippen molar-refractivity contribution in [3.05, 3.63) is 77.2 Å². The number of halogens is 2. The highest BCUT2D eigenvalue weighted by atomic mass is 19.1. The summed E-state index contributed by atoms with van der Waals surface area (Å²) in [6.07, 6.45) is 4.45. The Kier molecular flexibility index (Phi) is 5.56. The molecule has 0 saturated carbocycles. The van der Waals surface area contributed by atoms with Gasteiger partial charge in [-0.2, -0.15) is 5.10 Å². The first-order valence-electron chi connectivity index (χ1n) is 12.2. The number of carbonyl (C=O) groups excluding carboxylic acids is 1. The third-order valence-corrected chi connectivity index (χ3v) is 7.28. The van der Waals surface area contributed by atoms with Gasteiger partial charge in [0.2, 0.25) is 0 Å². The highest BCUT2D eigenvalue weighted by molar-refractivity contribution is 6.42. The fraction of sp³-hybridized carbons (Fsp3) is 0.269. The molecule has 1 amide bonds. The van der Waals surface area contributed by atoms with Gasteiger partial charge in [0, 0.05) is 48.8 Å². The van der Waals surface area contributed by atoms with E-state index in [0.717, 1.165) is 18.4 Å². The molecule has 6 rings (SSSR count). The van der Waals surface area contributed by atoms with Crippen molar-refractivity contribution < 1.29 is 23.0 Å². The second kappa shape index (κ2) is 8.69. The van der Waals surface area contributed by atoms with Crippen LogP contribution in [0.2, 0.25) is 0 Å². The summed E-state index contributed by atoms with van der Waals surface area (Å²) in [7, 11) is 5.44. The largest absolute Gasteiger partial charge is 0.489 e. The number of benzene rings is 2. The van der Waals surface area contributed by atoms with Crippen LogP contribution < -0.4 is 4.74 Å². The van der Waals surface area contributed by atoms with Crippen LogP contribution >= 0.6 is 0 Å². The summed E-state index contributed by atoms with van der Waals surface area (Å²) in [5.74, 6) is -1.14. The van der Waals surface area contributed by atoms with Crippen molar-refractivity contribution in [2.75, 3.05) is 13.2 Å². The zero-order valence-corrected chi connectivity index (χ0v) is 20.8. The highest BCUT2D eigenvalue weighted by Gasteiger charge is 2.44. The van der Waals surface area contributed by atoms with E-state index in [0.29, 0.717) is 40.3 Å². The van der Waals surface area contributed by atoms with Gasteiger partial charge in [-0.05, 0) is 47.5 Å². The van der Waals surface area contributed by atoms with Crippen molar-refractivity contribution in [3.8, 4) is 16.9 Å². The molecule has 0 bridgehead atoms. The lowest BCUT2D eigenvalue weighted by molar-refractivity contribution is -0.0718. The summed E-state index contributed by atoms with van der Waals surface area (Å²) in [5.41, 5.74) is 2.51. The van der Waals surface area contributed by atoms with Crippen molar-refractivity contribution in [1.82, 2.24) is 19.7 Å². The van der Waals surface area contributed by atoms with Crippen molar-refractivity contribution in [2.24, 2.45) is 7.05 Å². The number of amides is 1. The second-order valence-corrected chi connectivity index (χ2v) is 10.0. The molecule has 1 atom stereocenters. The summed E-state index contributed by atoms with van der Waals surface area (Å²) in [6, 6.07) is 9.54. The highest BCUT2D eigenvalue weighted by Crippen LogP contribution is 2.38. The average molecular weight is 500 g/mol. The number of aryl methyl sites for hydroxylation is 1. The quantitative estimate of drug-likeness (QED) is 0.380. The fourth-order valence-electron chi connectivity index (χ4n) is 5.09. The summed E-state index contributed by atoms with van der Waals surface area (Å²) >= 11 is 0. The first kappa shape index (κ1) is 23.7. The predicted octanol–water partition coefficient (Wildman–Crippen LogP) is 2.11. The third kappa shape index (κ3) is 3.89. The minimum absolute atomic E-state index is 0.0743. The molecule has 11 heteroatoms. The topological polar surface area (TPSA) is 69.5 Å². The van der Waals surface area contributed by atoms with E-state index in [1.54, 1.807) is 48.4 Å². The number of fused-ring (bicyclic) bond motifs is 2. The van der Waals surface area contributed by atoms with E-state index < -0.39 is 17.0 Å². The molecule has 7 nitrogen and oxygen atoms in total. The number of hydrogen-bond acceptors (Lipinski definition) is 5. The Morgan fingerprint density at radius 3 is 2.62 bits per heavy atom. The van der Waals surface area contributed by atoms with Gasteiger partial charge in [-0.1, -0.05) is 0 Å². The molecule has 1 fully saturated rings. The Hall–Kier alpha value is -3.72. The zero-order valence-electron chi connectivity index (χ0n) is 20.8. The molecule has 2 aliphatic rings. The molecule has 0 radical (unpaired) electrons. The lowest BCUT2D eigenvalue weighted by Crippen LogP contribution is -2.45. The van der Waals surface area contributed by atoms with Crippen molar-refractivity contribution in [1.29, 1.82) is 0 Å². The van der Waals surface area contributed by atoms with E-state index in [1.807, 2.05) is 15.7 Å². The predicted molar refractivity (Wildman–Crippen MR) is 139 cm³/mol. The third-order valence-electron chi connectivity index (χ3n) is 7.28. The second-order valence-electron chi connectivity index (χ2n) is 10.0. The number of hydrogen-bond donors (Lipinski definition) is 0. The molecule has 186 valence electrons. The van der Waals surface area contributed by atoms with Gasteiger partial charge in [-0.25, -0.2) is 8.78 Å². The Morgan fingerprint density at radius 1 is 1.19 bits per heavy atom. The lowest BCUT2D eigenvalue weighted by atomic mass is 9.59.